The van der Waals surface area contributed by atoms with Gasteiger partial charge in [-0.25, -0.2) is 4.98 Å². The van der Waals surface area contributed by atoms with E-state index in [1.165, 1.54) is 0 Å². The first kappa shape index (κ1) is 22.7. The number of aromatic nitrogens is 4. The largest absolute Gasteiger partial charge is 0.494 e. The molecule has 1 aromatic carbocycles. The Kier molecular flexibility index (Phi) is 6.05. The molecule has 5 rings (SSSR count). The van der Waals surface area contributed by atoms with E-state index in [9.17, 15) is 10.1 Å². The zero-order valence-electron chi connectivity index (χ0n) is 19.9. The topological polar surface area (TPSA) is 115 Å². The van der Waals surface area contributed by atoms with Crippen molar-refractivity contribution < 1.29 is 14.3 Å². The third-order valence-electron chi connectivity index (χ3n) is 6.45. The maximum atomic E-state index is 13.2. The van der Waals surface area contributed by atoms with Crippen molar-refractivity contribution in [3.63, 3.8) is 0 Å². The van der Waals surface area contributed by atoms with Gasteiger partial charge < -0.3 is 19.4 Å². The monoisotopic (exact) mass is 470 g/mol. The predicted molar refractivity (Wildman–Crippen MR) is 131 cm³/mol. The molecule has 0 bridgehead atoms. The molecule has 1 saturated heterocycles. The standard InChI is InChI=1S/C26H26N6O3/c1-15-10-18(7-9-35-15)32-23(12-24(33)31-25-16(2)28-8-6-22(25)34-3)30-21-14-29-20-5-4-17(13-27)11-19(20)26(21)32/h4-6,8,11,14-15,18H,7,9-10,12H2,1-3H3,(H,31,33)/t15-,18-/m1/s1. The first-order chi connectivity index (χ1) is 17.0. The molecule has 9 heteroatoms. The van der Waals surface area contributed by atoms with Gasteiger partial charge in [-0.05, 0) is 44.9 Å². The molecular formula is C26H26N6O3. The van der Waals surface area contributed by atoms with Crippen molar-refractivity contribution in [1.82, 2.24) is 19.5 Å². The Balaban J connectivity index is 1.61. The van der Waals surface area contributed by atoms with Crippen LogP contribution in [0.25, 0.3) is 21.9 Å². The molecule has 0 saturated carbocycles. The number of nitrogens with zero attached hydrogens (tertiary/aromatic N) is 5. The van der Waals surface area contributed by atoms with E-state index in [4.69, 9.17) is 14.5 Å². The summed E-state index contributed by atoms with van der Waals surface area (Å²) in [4.78, 5) is 26.9. The molecule has 0 unspecified atom stereocenters. The minimum Gasteiger partial charge on any atom is -0.494 e. The molecule has 3 aromatic heterocycles. The van der Waals surface area contributed by atoms with Gasteiger partial charge in [0.2, 0.25) is 5.91 Å². The average Bonchev–Trinajstić information content (AvgIpc) is 3.23. The quantitative estimate of drug-likeness (QED) is 0.467. The highest BCUT2D eigenvalue weighted by atomic mass is 16.5. The van der Waals surface area contributed by atoms with Crippen LogP contribution in [-0.4, -0.2) is 45.2 Å². The summed E-state index contributed by atoms with van der Waals surface area (Å²) in [5.41, 5.74) is 4.15. The normalized spacial score (nSPS) is 17.9. The number of amides is 1. The highest BCUT2D eigenvalue weighted by Gasteiger charge is 2.27. The van der Waals surface area contributed by atoms with E-state index in [0.717, 1.165) is 29.3 Å². The van der Waals surface area contributed by atoms with E-state index in [1.54, 1.807) is 31.6 Å². The minimum absolute atomic E-state index is 0.0668. The van der Waals surface area contributed by atoms with Crippen LogP contribution in [0.5, 0.6) is 5.75 Å². The SMILES string of the molecule is COc1ccnc(C)c1NC(=O)Cc1nc2cnc3ccc(C#N)cc3c2n1[C@@H]1CCO[C@H](C)C1. The van der Waals surface area contributed by atoms with Gasteiger partial charge >= 0.3 is 0 Å². The van der Waals surface area contributed by atoms with Gasteiger partial charge in [-0.3, -0.25) is 14.8 Å². The fraction of sp³-hybridized carbons (Fsp3) is 0.346. The number of hydrogen-bond acceptors (Lipinski definition) is 7. The molecule has 2 atom stereocenters. The van der Waals surface area contributed by atoms with Crippen molar-refractivity contribution in [1.29, 1.82) is 5.26 Å². The second-order valence-electron chi connectivity index (χ2n) is 8.79. The number of carbonyl (C=O) groups is 1. The van der Waals surface area contributed by atoms with Gasteiger partial charge in [0.15, 0.2) is 0 Å². The van der Waals surface area contributed by atoms with Crippen molar-refractivity contribution in [2.75, 3.05) is 19.0 Å². The van der Waals surface area contributed by atoms with Crippen LogP contribution in [-0.2, 0) is 16.0 Å². The number of methoxy groups -OCH3 is 1. The Hall–Kier alpha value is -4.03. The number of imidazole rings is 1. The van der Waals surface area contributed by atoms with E-state index >= 15 is 0 Å². The highest BCUT2D eigenvalue weighted by Crippen LogP contribution is 2.34. The molecule has 1 N–H and O–H groups in total. The van der Waals surface area contributed by atoms with Crippen LogP contribution in [0.15, 0.2) is 36.7 Å². The number of aryl methyl sites for hydroxylation is 1. The summed E-state index contributed by atoms with van der Waals surface area (Å²) >= 11 is 0. The predicted octanol–water partition coefficient (Wildman–Crippen LogP) is 4.09. The lowest BCUT2D eigenvalue weighted by Gasteiger charge is -2.30. The highest BCUT2D eigenvalue weighted by molar-refractivity contribution is 6.03. The first-order valence-corrected chi connectivity index (χ1v) is 11.6. The van der Waals surface area contributed by atoms with Crippen LogP contribution >= 0.6 is 0 Å². The summed E-state index contributed by atoms with van der Waals surface area (Å²) in [6, 6.07) is 9.49. The summed E-state index contributed by atoms with van der Waals surface area (Å²) in [6.07, 6.45) is 5.15. The summed E-state index contributed by atoms with van der Waals surface area (Å²) in [6.45, 7) is 4.51. The molecule has 0 radical (unpaired) electrons. The number of ether oxygens (including phenoxy) is 2. The van der Waals surface area contributed by atoms with Crippen molar-refractivity contribution in [3.8, 4) is 11.8 Å². The molecule has 4 heterocycles. The van der Waals surface area contributed by atoms with Gasteiger partial charge in [-0.2, -0.15) is 5.26 Å². The van der Waals surface area contributed by atoms with Crippen LogP contribution in [0.2, 0.25) is 0 Å². The zero-order chi connectivity index (χ0) is 24.5. The van der Waals surface area contributed by atoms with Gasteiger partial charge in [0.1, 0.15) is 22.8 Å². The number of benzene rings is 1. The van der Waals surface area contributed by atoms with Crippen LogP contribution in [0.4, 0.5) is 5.69 Å². The average molecular weight is 471 g/mol. The third-order valence-corrected chi connectivity index (χ3v) is 6.45. The van der Waals surface area contributed by atoms with Crippen LogP contribution in [0.3, 0.4) is 0 Å². The Morgan fingerprint density at radius 2 is 2.17 bits per heavy atom. The Morgan fingerprint density at radius 3 is 2.94 bits per heavy atom. The van der Waals surface area contributed by atoms with Crippen molar-refractivity contribution in [3.05, 3.63) is 53.7 Å². The summed E-state index contributed by atoms with van der Waals surface area (Å²) in [7, 11) is 1.56. The molecule has 0 aliphatic carbocycles. The number of fused-ring (bicyclic) bond motifs is 3. The number of pyridine rings is 2. The van der Waals surface area contributed by atoms with E-state index < -0.39 is 0 Å². The molecule has 1 amide bonds. The maximum absolute atomic E-state index is 13.2. The molecule has 178 valence electrons. The summed E-state index contributed by atoms with van der Waals surface area (Å²) in [5, 5.41) is 13.3. The van der Waals surface area contributed by atoms with Gasteiger partial charge in [-0.1, -0.05) is 0 Å². The van der Waals surface area contributed by atoms with E-state index in [2.05, 4.69) is 32.8 Å². The van der Waals surface area contributed by atoms with Crippen LogP contribution in [0, 0.1) is 18.3 Å². The lowest BCUT2D eigenvalue weighted by Crippen LogP contribution is -2.27. The molecule has 0 spiro atoms. The first-order valence-electron chi connectivity index (χ1n) is 11.6. The molecule has 1 aliphatic rings. The molecule has 4 aromatic rings. The summed E-state index contributed by atoms with van der Waals surface area (Å²) in [5.74, 6) is 0.983. The van der Waals surface area contributed by atoms with Crippen LogP contribution in [0.1, 0.15) is 42.9 Å². The summed E-state index contributed by atoms with van der Waals surface area (Å²) < 4.78 is 13.4. The molecule has 35 heavy (non-hydrogen) atoms. The van der Waals surface area contributed by atoms with Gasteiger partial charge in [-0.15, -0.1) is 0 Å². The molecule has 1 fully saturated rings. The van der Waals surface area contributed by atoms with E-state index in [-0.39, 0.29) is 24.5 Å². The van der Waals surface area contributed by atoms with Crippen LogP contribution < -0.4 is 10.1 Å². The Labute approximate surface area is 202 Å². The fourth-order valence-corrected chi connectivity index (χ4v) is 4.81. The third kappa shape index (κ3) is 4.29. The van der Waals surface area contributed by atoms with E-state index in [1.807, 2.05) is 19.1 Å². The Morgan fingerprint density at radius 1 is 1.31 bits per heavy atom. The lowest BCUT2D eigenvalue weighted by atomic mass is 10.0. The van der Waals surface area contributed by atoms with Crippen molar-refractivity contribution in [2.45, 2.75) is 45.3 Å². The van der Waals surface area contributed by atoms with E-state index in [0.29, 0.717) is 40.6 Å². The molecule has 9 nitrogen and oxygen atoms in total. The maximum Gasteiger partial charge on any atom is 0.232 e. The Bertz CT molecular complexity index is 1470. The number of nitrogens with one attached hydrogen (secondary N) is 1. The van der Waals surface area contributed by atoms with Gasteiger partial charge in [0.25, 0.3) is 0 Å². The number of nitriles is 1. The number of hydrogen-bond donors (Lipinski definition) is 1. The molecule has 1 aliphatic heterocycles. The second-order valence-corrected chi connectivity index (χ2v) is 8.79. The zero-order valence-corrected chi connectivity index (χ0v) is 19.9. The van der Waals surface area contributed by atoms with Crippen molar-refractivity contribution >= 4 is 33.5 Å². The fourth-order valence-electron chi connectivity index (χ4n) is 4.81. The number of rotatable bonds is 5. The lowest BCUT2D eigenvalue weighted by molar-refractivity contribution is -0.115. The minimum atomic E-state index is -0.217. The van der Waals surface area contributed by atoms with Gasteiger partial charge in [0, 0.05) is 30.3 Å². The number of carbonyl (C=O) groups excluding carboxylic acids is 1. The second kappa shape index (κ2) is 9.31. The van der Waals surface area contributed by atoms with Gasteiger partial charge in [0.05, 0.1) is 54.2 Å². The smallest absolute Gasteiger partial charge is 0.232 e. The molecular weight excluding hydrogens is 444 g/mol. The van der Waals surface area contributed by atoms with Crippen molar-refractivity contribution in [2.24, 2.45) is 0 Å². The number of anilines is 1.